The summed E-state index contributed by atoms with van der Waals surface area (Å²) in [5.41, 5.74) is 6.61. The lowest BCUT2D eigenvalue weighted by molar-refractivity contribution is 0.600. The van der Waals surface area contributed by atoms with Crippen LogP contribution in [-0.2, 0) is 6.42 Å². The van der Waals surface area contributed by atoms with Crippen molar-refractivity contribution in [1.82, 2.24) is 0 Å². The highest BCUT2D eigenvalue weighted by Gasteiger charge is 2.01. The summed E-state index contributed by atoms with van der Waals surface area (Å²) in [6.07, 6.45) is 5.00. The van der Waals surface area contributed by atoms with Crippen molar-refractivity contribution in [2.24, 2.45) is 5.73 Å². The Balaban J connectivity index is 2.60. The first-order valence-corrected chi connectivity index (χ1v) is 6.03. The molecule has 1 aromatic rings. The molecule has 0 saturated heterocycles. The lowest BCUT2D eigenvalue weighted by Crippen LogP contribution is -1.99. The maximum atomic E-state index is 13.1. The molecule has 2 N–H and O–H groups in total. The normalized spacial score (nSPS) is 10.5. The predicted molar refractivity (Wildman–Crippen MR) is 60.2 cm³/mol. The summed E-state index contributed by atoms with van der Waals surface area (Å²) < 4.78 is 13.1. The third kappa shape index (κ3) is 3.31. The molecule has 0 atom stereocenters. The van der Waals surface area contributed by atoms with Crippen LogP contribution in [0.4, 0.5) is 4.39 Å². The molecule has 0 aliphatic rings. The van der Waals surface area contributed by atoms with Crippen LogP contribution in [-0.4, -0.2) is 12.8 Å². The van der Waals surface area contributed by atoms with Gasteiger partial charge in [-0.25, -0.2) is 4.39 Å². The van der Waals surface area contributed by atoms with E-state index in [2.05, 4.69) is 0 Å². The number of thioether (sulfide) groups is 1. The molecular weight excluding hydrogens is 197 g/mol. The van der Waals surface area contributed by atoms with Crippen LogP contribution < -0.4 is 5.73 Å². The first-order valence-electron chi connectivity index (χ1n) is 4.80. The number of rotatable bonds is 5. The summed E-state index contributed by atoms with van der Waals surface area (Å²) in [4.78, 5) is 0.732. The van der Waals surface area contributed by atoms with Gasteiger partial charge < -0.3 is 5.73 Å². The van der Waals surface area contributed by atoms with E-state index < -0.39 is 0 Å². The zero-order valence-electron chi connectivity index (χ0n) is 8.42. The van der Waals surface area contributed by atoms with Gasteiger partial charge in [-0.2, -0.15) is 0 Å². The maximum Gasteiger partial charge on any atom is 0.136 e. The van der Waals surface area contributed by atoms with Gasteiger partial charge in [0.05, 0.1) is 0 Å². The van der Waals surface area contributed by atoms with Gasteiger partial charge in [0.1, 0.15) is 5.82 Å². The summed E-state index contributed by atoms with van der Waals surface area (Å²) in [6.45, 7) is 0.733. The van der Waals surface area contributed by atoms with Crippen molar-refractivity contribution in [3.63, 3.8) is 0 Å². The topological polar surface area (TPSA) is 26.0 Å². The third-order valence-corrected chi connectivity index (χ3v) is 2.89. The molecule has 0 aliphatic carbocycles. The van der Waals surface area contributed by atoms with Crippen LogP contribution in [0.2, 0.25) is 0 Å². The Bertz CT molecular complexity index is 289. The molecule has 0 amide bonds. The van der Waals surface area contributed by atoms with E-state index in [9.17, 15) is 4.39 Å². The van der Waals surface area contributed by atoms with Gasteiger partial charge >= 0.3 is 0 Å². The molecule has 0 radical (unpaired) electrons. The Hall–Kier alpha value is -0.540. The summed E-state index contributed by atoms with van der Waals surface area (Å²) in [5, 5.41) is 0. The molecule has 1 rings (SSSR count). The first-order chi connectivity index (χ1) is 6.77. The number of hydrogen-bond donors (Lipinski definition) is 1. The highest BCUT2D eigenvalue weighted by atomic mass is 32.2. The van der Waals surface area contributed by atoms with Gasteiger partial charge in [0, 0.05) is 4.90 Å². The fourth-order valence-corrected chi connectivity index (χ4v) is 1.87. The average Bonchev–Trinajstić information content (AvgIpc) is 2.21. The Morgan fingerprint density at radius 1 is 1.36 bits per heavy atom. The number of halogens is 1. The van der Waals surface area contributed by atoms with Gasteiger partial charge in [0.15, 0.2) is 0 Å². The molecule has 0 fully saturated rings. The molecule has 0 heterocycles. The summed E-state index contributed by atoms with van der Waals surface area (Å²) in [5.74, 6) is -0.125. The summed E-state index contributed by atoms with van der Waals surface area (Å²) in [6, 6.07) is 5.33. The van der Waals surface area contributed by atoms with Crippen molar-refractivity contribution in [3.8, 4) is 0 Å². The highest BCUT2D eigenvalue weighted by Crippen LogP contribution is 2.21. The van der Waals surface area contributed by atoms with E-state index in [0.29, 0.717) is 0 Å². The van der Waals surface area contributed by atoms with E-state index in [1.807, 2.05) is 18.4 Å². The van der Waals surface area contributed by atoms with E-state index in [-0.39, 0.29) is 5.82 Å². The van der Waals surface area contributed by atoms with Crippen molar-refractivity contribution in [1.29, 1.82) is 0 Å². The molecule has 0 aromatic heterocycles. The third-order valence-electron chi connectivity index (χ3n) is 2.14. The molecule has 1 aromatic carbocycles. The molecule has 78 valence electrons. The molecular formula is C11H16FNS. The molecule has 0 saturated carbocycles. The monoisotopic (exact) mass is 213 g/mol. The van der Waals surface area contributed by atoms with E-state index in [0.717, 1.165) is 30.7 Å². The van der Waals surface area contributed by atoms with Gasteiger partial charge in [-0.15, -0.1) is 11.8 Å². The molecule has 0 unspecified atom stereocenters. The lowest BCUT2D eigenvalue weighted by Gasteiger charge is -2.04. The minimum absolute atomic E-state index is 0.125. The van der Waals surface area contributed by atoms with Crippen molar-refractivity contribution in [3.05, 3.63) is 29.6 Å². The fraction of sp³-hybridized carbons (Fsp3) is 0.455. The van der Waals surface area contributed by atoms with Crippen molar-refractivity contribution < 1.29 is 4.39 Å². The van der Waals surface area contributed by atoms with Gasteiger partial charge in [-0.1, -0.05) is 6.07 Å². The second-order valence-corrected chi connectivity index (χ2v) is 4.06. The predicted octanol–water partition coefficient (Wildman–Crippen LogP) is 2.83. The first kappa shape index (κ1) is 11.5. The van der Waals surface area contributed by atoms with Gasteiger partial charge in [-0.05, 0) is 49.8 Å². The van der Waals surface area contributed by atoms with Gasteiger partial charge in [-0.3, -0.25) is 0 Å². The highest BCUT2D eigenvalue weighted by molar-refractivity contribution is 7.98. The number of nitrogens with two attached hydrogens (primary N) is 1. The van der Waals surface area contributed by atoms with Gasteiger partial charge in [0.2, 0.25) is 0 Å². The number of unbranched alkanes of at least 4 members (excludes halogenated alkanes) is 1. The number of aryl methyl sites for hydroxylation is 1. The van der Waals surface area contributed by atoms with Crippen LogP contribution in [0.5, 0.6) is 0 Å². The van der Waals surface area contributed by atoms with Crippen LogP contribution in [0, 0.1) is 5.82 Å². The van der Waals surface area contributed by atoms with Crippen LogP contribution >= 0.6 is 11.8 Å². The zero-order valence-corrected chi connectivity index (χ0v) is 9.24. The summed E-state index contributed by atoms with van der Waals surface area (Å²) in [7, 11) is 0. The van der Waals surface area contributed by atoms with E-state index >= 15 is 0 Å². The second kappa shape index (κ2) is 6.04. The van der Waals surface area contributed by atoms with Gasteiger partial charge in [0.25, 0.3) is 0 Å². The zero-order chi connectivity index (χ0) is 10.4. The van der Waals surface area contributed by atoms with E-state index in [1.54, 1.807) is 6.07 Å². The summed E-state index contributed by atoms with van der Waals surface area (Å²) >= 11 is 1.45. The smallest absolute Gasteiger partial charge is 0.136 e. The lowest BCUT2D eigenvalue weighted by atomic mass is 10.1. The quantitative estimate of drug-likeness (QED) is 0.601. The molecule has 14 heavy (non-hydrogen) atoms. The Morgan fingerprint density at radius 2 is 2.14 bits per heavy atom. The van der Waals surface area contributed by atoms with E-state index in [4.69, 9.17) is 5.73 Å². The molecule has 0 aliphatic heterocycles. The van der Waals surface area contributed by atoms with E-state index in [1.165, 1.54) is 17.3 Å². The standard InChI is InChI=1S/C11H16FNS/c1-14-11-8-9(4-2-3-7-13)5-6-10(11)12/h5-6,8H,2-4,7,13H2,1H3. The SMILES string of the molecule is CSc1cc(CCCCN)ccc1F. The molecule has 0 bridgehead atoms. The fourth-order valence-electron chi connectivity index (χ4n) is 1.33. The molecule has 3 heteroatoms. The number of hydrogen-bond acceptors (Lipinski definition) is 2. The minimum atomic E-state index is -0.125. The maximum absolute atomic E-state index is 13.1. The second-order valence-electron chi connectivity index (χ2n) is 3.21. The van der Waals surface area contributed by atoms with Crippen LogP contribution in [0.1, 0.15) is 18.4 Å². The molecule has 0 spiro atoms. The van der Waals surface area contributed by atoms with Crippen LogP contribution in [0.3, 0.4) is 0 Å². The van der Waals surface area contributed by atoms with Crippen LogP contribution in [0.15, 0.2) is 23.1 Å². The molecule has 1 nitrogen and oxygen atoms in total. The Kier molecular flexibility index (Phi) is 4.98. The largest absolute Gasteiger partial charge is 0.330 e. The van der Waals surface area contributed by atoms with Crippen molar-refractivity contribution in [2.75, 3.05) is 12.8 Å². The Labute approximate surface area is 88.9 Å². The van der Waals surface area contributed by atoms with Crippen LogP contribution in [0.25, 0.3) is 0 Å². The van der Waals surface area contributed by atoms with Crippen molar-refractivity contribution >= 4 is 11.8 Å². The number of benzene rings is 1. The Morgan fingerprint density at radius 3 is 2.79 bits per heavy atom. The minimum Gasteiger partial charge on any atom is -0.330 e. The van der Waals surface area contributed by atoms with Crippen molar-refractivity contribution in [2.45, 2.75) is 24.2 Å². The average molecular weight is 213 g/mol.